The number of fused-ring (bicyclic) bond motifs is 1. The average molecular weight is 474 g/mol. The van der Waals surface area contributed by atoms with Crippen LogP contribution in [0, 0.1) is 0 Å². The van der Waals surface area contributed by atoms with Crippen molar-refractivity contribution < 1.29 is 13.9 Å². The van der Waals surface area contributed by atoms with Gasteiger partial charge in [0.25, 0.3) is 5.56 Å². The Bertz CT molecular complexity index is 1340. The molecule has 4 rings (SSSR count). The van der Waals surface area contributed by atoms with Crippen LogP contribution in [0.25, 0.3) is 16.6 Å². The summed E-state index contributed by atoms with van der Waals surface area (Å²) in [5, 5.41) is 0.501. The third kappa shape index (κ3) is 5.14. The van der Waals surface area contributed by atoms with Gasteiger partial charge < -0.3 is 14.1 Å². The maximum atomic E-state index is 13.8. The van der Waals surface area contributed by atoms with Crippen molar-refractivity contribution in [2.45, 2.75) is 52.1 Å². The molecule has 0 radical (unpaired) electrons. The molecule has 0 aliphatic rings. The molecule has 7 heteroatoms. The van der Waals surface area contributed by atoms with Gasteiger partial charge >= 0.3 is 0 Å². The lowest BCUT2D eigenvalue weighted by Gasteiger charge is -2.30. The lowest BCUT2D eigenvalue weighted by molar-refractivity contribution is -0.134. The lowest BCUT2D eigenvalue weighted by Crippen LogP contribution is -2.37. The molecule has 1 amide bonds. The van der Waals surface area contributed by atoms with Crippen molar-refractivity contribution in [1.29, 1.82) is 0 Å². The second-order valence-electron chi connectivity index (χ2n) is 8.53. The summed E-state index contributed by atoms with van der Waals surface area (Å²) in [5.74, 6) is 1.68. The Labute approximate surface area is 205 Å². The average Bonchev–Trinajstić information content (AvgIpc) is 3.40. The number of benzene rings is 2. The largest absolute Gasteiger partial charge is 0.495 e. The Balaban J connectivity index is 1.88. The lowest BCUT2D eigenvalue weighted by atomic mass is 10.1. The zero-order valence-electron chi connectivity index (χ0n) is 20.4. The van der Waals surface area contributed by atoms with Crippen molar-refractivity contribution in [3.05, 3.63) is 88.9 Å². The standard InChI is InChI=1S/C28H31N3O4/c1-4-5-6-17-26(32)30(19-21-12-11-18-35-21)20(2)27-29-23-14-8-7-13-22(23)28(33)31(27)24-15-9-10-16-25(24)34-3/h7-16,18,20H,4-6,17,19H2,1-3H3. The molecule has 7 nitrogen and oxygen atoms in total. The normalized spacial score (nSPS) is 12.0. The number of carbonyl (C=O) groups excluding carboxylic acids is 1. The van der Waals surface area contributed by atoms with E-state index in [0.29, 0.717) is 40.3 Å². The molecular formula is C28H31N3O4. The van der Waals surface area contributed by atoms with Crippen molar-refractivity contribution >= 4 is 16.8 Å². The summed E-state index contributed by atoms with van der Waals surface area (Å²) in [5.41, 5.74) is 0.955. The highest BCUT2D eigenvalue weighted by Crippen LogP contribution is 2.29. The molecule has 0 saturated heterocycles. The van der Waals surface area contributed by atoms with Crippen molar-refractivity contribution in [3.63, 3.8) is 0 Å². The fourth-order valence-electron chi connectivity index (χ4n) is 4.30. The number of ether oxygens (including phenoxy) is 1. The first-order chi connectivity index (χ1) is 17.0. The van der Waals surface area contributed by atoms with Crippen molar-refractivity contribution in [1.82, 2.24) is 14.5 Å². The maximum absolute atomic E-state index is 13.8. The molecule has 1 unspecified atom stereocenters. The minimum atomic E-state index is -0.503. The summed E-state index contributed by atoms with van der Waals surface area (Å²) >= 11 is 0. The molecule has 4 aromatic rings. The Morgan fingerprint density at radius 1 is 1.09 bits per heavy atom. The van der Waals surface area contributed by atoms with Crippen LogP contribution in [-0.2, 0) is 11.3 Å². The van der Waals surface area contributed by atoms with E-state index >= 15 is 0 Å². The number of nitrogens with zero attached hydrogens (tertiary/aromatic N) is 3. The van der Waals surface area contributed by atoms with Gasteiger partial charge in [-0.25, -0.2) is 4.98 Å². The fraction of sp³-hybridized carbons (Fsp3) is 0.321. The van der Waals surface area contributed by atoms with Gasteiger partial charge in [0.2, 0.25) is 5.91 Å². The number of unbranched alkanes of at least 4 members (excludes halogenated alkanes) is 2. The van der Waals surface area contributed by atoms with Crippen LogP contribution in [0.5, 0.6) is 5.75 Å². The van der Waals surface area contributed by atoms with Gasteiger partial charge in [0.05, 0.1) is 42.5 Å². The van der Waals surface area contributed by atoms with E-state index in [4.69, 9.17) is 14.1 Å². The molecule has 0 N–H and O–H groups in total. The summed E-state index contributed by atoms with van der Waals surface area (Å²) in [4.78, 5) is 33.9. The first-order valence-electron chi connectivity index (χ1n) is 12.0. The minimum Gasteiger partial charge on any atom is -0.495 e. The number of amides is 1. The SMILES string of the molecule is CCCCCC(=O)N(Cc1ccco1)C(C)c1nc2ccccc2c(=O)n1-c1ccccc1OC. The molecule has 0 bridgehead atoms. The minimum absolute atomic E-state index is 0.00339. The molecule has 0 aliphatic heterocycles. The molecule has 2 aromatic carbocycles. The van der Waals surface area contributed by atoms with Crippen molar-refractivity contribution in [2.24, 2.45) is 0 Å². The number of carbonyl (C=O) groups is 1. The Morgan fingerprint density at radius 3 is 2.60 bits per heavy atom. The summed E-state index contributed by atoms with van der Waals surface area (Å²) in [6, 6.07) is 17.7. The van der Waals surface area contributed by atoms with E-state index in [-0.39, 0.29) is 18.0 Å². The highest BCUT2D eigenvalue weighted by atomic mass is 16.5. The van der Waals surface area contributed by atoms with Crippen molar-refractivity contribution in [2.75, 3.05) is 7.11 Å². The first kappa shape index (κ1) is 24.3. The molecular weight excluding hydrogens is 442 g/mol. The summed E-state index contributed by atoms with van der Waals surface area (Å²) in [6.45, 7) is 4.30. The van der Waals surface area contributed by atoms with Gasteiger partial charge in [-0.2, -0.15) is 0 Å². The highest BCUT2D eigenvalue weighted by molar-refractivity contribution is 5.79. The summed E-state index contributed by atoms with van der Waals surface area (Å²) < 4.78 is 12.7. The van der Waals surface area contributed by atoms with Gasteiger partial charge in [-0.3, -0.25) is 14.2 Å². The molecule has 1 atom stereocenters. The van der Waals surface area contributed by atoms with Crippen LogP contribution in [0.3, 0.4) is 0 Å². The number of aromatic nitrogens is 2. The van der Waals surface area contributed by atoms with E-state index in [1.54, 1.807) is 35.0 Å². The zero-order valence-corrected chi connectivity index (χ0v) is 20.4. The van der Waals surface area contributed by atoms with E-state index in [2.05, 4.69) is 6.92 Å². The smallest absolute Gasteiger partial charge is 0.266 e. The van der Waals surface area contributed by atoms with Crippen LogP contribution in [-0.4, -0.2) is 27.5 Å². The molecule has 2 aromatic heterocycles. The van der Waals surface area contributed by atoms with E-state index in [0.717, 1.165) is 19.3 Å². The topological polar surface area (TPSA) is 77.6 Å². The van der Waals surface area contributed by atoms with Crippen LogP contribution in [0.1, 0.15) is 57.2 Å². The maximum Gasteiger partial charge on any atom is 0.266 e. The molecule has 0 saturated carbocycles. The third-order valence-corrected chi connectivity index (χ3v) is 6.19. The predicted octanol–water partition coefficient (Wildman–Crippen LogP) is 5.66. The molecule has 0 aliphatic carbocycles. The Hall–Kier alpha value is -3.87. The van der Waals surface area contributed by atoms with E-state index in [1.807, 2.05) is 55.5 Å². The van der Waals surface area contributed by atoms with Gasteiger partial charge in [0.15, 0.2) is 0 Å². The predicted molar refractivity (Wildman–Crippen MR) is 136 cm³/mol. The first-order valence-corrected chi connectivity index (χ1v) is 12.0. The number of rotatable bonds is 10. The molecule has 0 fully saturated rings. The van der Waals surface area contributed by atoms with Crippen LogP contribution in [0.4, 0.5) is 0 Å². The highest BCUT2D eigenvalue weighted by Gasteiger charge is 2.28. The van der Waals surface area contributed by atoms with Gasteiger partial charge in [0.1, 0.15) is 17.3 Å². The summed E-state index contributed by atoms with van der Waals surface area (Å²) in [7, 11) is 1.57. The molecule has 2 heterocycles. The van der Waals surface area contributed by atoms with Crippen LogP contribution >= 0.6 is 0 Å². The third-order valence-electron chi connectivity index (χ3n) is 6.19. The number of furan rings is 1. The monoisotopic (exact) mass is 473 g/mol. The van der Waals surface area contributed by atoms with E-state index < -0.39 is 6.04 Å². The fourth-order valence-corrected chi connectivity index (χ4v) is 4.30. The number of para-hydroxylation sites is 3. The van der Waals surface area contributed by atoms with Gasteiger partial charge in [-0.1, -0.05) is 44.0 Å². The second kappa shape index (κ2) is 11.0. The van der Waals surface area contributed by atoms with E-state index in [1.165, 1.54) is 0 Å². The molecule has 0 spiro atoms. The molecule has 35 heavy (non-hydrogen) atoms. The number of hydrogen-bond acceptors (Lipinski definition) is 5. The van der Waals surface area contributed by atoms with Gasteiger partial charge in [-0.15, -0.1) is 0 Å². The Morgan fingerprint density at radius 2 is 1.86 bits per heavy atom. The summed E-state index contributed by atoms with van der Waals surface area (Å²) in [6.07, 6.45) is 4.83. The van der Waals surface area contributed by atoms with Gasteiger partial charge in [0, 0.05) is 6.42 Å². The van der Waals surface area contributed by atoms with Crippen LogP contribution < -0.4 is 10.3 Å². The number of methoxy groups -OCH3 is 1. The Kier molecular flexibility index (Phi) is 7.65. The van der Waals surface area contributed by atoms with Crippen molar-refractivity contribution in [3.8, 4) is 11.4 Å². The van der Waals surface area contributed by atoms with Gasteiger partial charge in [-0.05, 0) is 49.7 Å². The quantitative estimate of drug-likeness (QED) is 0.278. The van der Waals surface area contributed by atoms with E-state index in [9.17, 15) is 9.59 Å². The molecule has 182 valence electrons. The second-order valence-corrected chi connectivity index (χ2v) is 8.53. The number of hydrogen-bond donors (Lipinski definition) is 0. The zero-order chi connectivity index (χ0) is 24.8. The van der Waals surface area contributed by atoms with Crippen LogP contribution in [0.15, 0.2) is 76.1 Å². The van der Waals surface area contributed by atoms with Crippen LogP contribution in [0.2, 0.25) is 0 Å².